The lowest BCUT2D eigenvalue weighted by molar-refractivity contribution is -0.137. The molecule has 0 atom stereocenters. The fourth-order valence-electron chi connectivity index (χ4n) is 5.14. The molecule has 0 saturated carbocycles. The standard InChI is InChI=1S/C33H30N2O6/c1-40-23-15-16-28(32(38)35(18-17-31(36)37)20-22-9-3-2-4-10-22)30(19-23)34-33(39)41-21-29-26-13-7-5-11-24(26)25-12-6-8-14-27(25)29/h2-16,19,29H,17-18,20-21H2,1H3,(H,34,39)(H,36,37). The Balaban J connectivity index is 1.35. The van der Waals surface area contributed by atoms with Gasteiger partial charge in [0, 0.05) is 25.1 Å². The van der Waals surface area contributed by atoms with Crippen molar-refractivity contribution in [2.75, 3.05) is 25.6 Å². The zero-order valence-corrected chi connectivity index (χ0v) is 22.6. The largest absolute Gasteiger partial charge is 0.497 e. The van der Waals surface area contributed by atoms with Gasteiger partial charge < -0.3 is 19.5 Å². The van der Waals surface area contributed by atoms with Crippen molar-refractivity contribution in [2.24, 2.45) is 0 Å². The molecule has 4 aromatic carbocycles. The summed E-state index contributed by atoms with van der Waals surface area (Å²) in [4.78, 5) is 39.5. The second-order valence-corrected chi connectivity index (χ2v) is 9.72. The predicted octanol–water partition coefficient (Wildman–Crippen LogP) is 6.17. The minimum Gasteiger partial charge on any atom is -0.497 e. The van der Waals surface area contributed by atoms with E-state index >= 15 is 0 Å². The Hall–Kier alpha value is -5.11. The number of ether oxygens (including phenoxy) is 2. The topological polar surface area (TPSA) is 105 Å². The molecule has 0 radical (unpaired) electrons. The predicted molar refractivity (Wildman–Crippen MR) is 155 cm³/mol. The molecule has 0 spiro atoms. The van der Waals surface area contributed by atoms with Crippen LogP contribution in [0.5, 0.6) is 5.75 Å². The first-order valence-electron chi connectivity index (χ1n) is 13.3. The summed E-state index contributed by atoms with van der Waals surface area (Å²) < 4.78 is 11.0. The van der Waals surface area contributed by atoms with Gasteiger partial charge in [-0.2, -0.15) is 0 Å². The number of carboxylic acid groups (broad SMARTS) is 1. The third-order valence-corrected chi connectivity index (χ3v) is 7.14. The molecule has 0 bridgehead atoms. The lowest BCUT2D eigenvalue weighted by Gasteiger charge is -2.24. The highest BCUT2D eigenvalue weighted by molar-refractivity contribution is 6.03. The van der Waals surface area contributed by atoms with Crippen LogP contribution in [-0.4, -0.2) is 48.2 Å². The van der Waals surface area contributed by atoms with E-state index < -0.39 is 18.0 Å². The Kier molecular flexibility index (Phi) is 8.29. The second kappa shape index (κ2) is 12.4. The number of nitrogens with zero attached hydrogens (tertiary/aromatic N) is 1. The maximum absolute atomic E-state index is 13.7. The molecule has 1 aliphatic rings. The van der Waals surface area contributed by atoms with Crippen molar-refractivity contribution in [1.29, 1.82) is 0 Å². The molecule has 208 valence electrons. The normalized spacial score (nSPS) is 11.7. The number of anilines is 1. The smallest absolute Gasteiger partial charge is 0.411 e. The summed E-state index contributed by atoms with van der Waals surface area (Å²) in [5.74, 6) is -1.11. The molecule has 41 heavy (non-hydrogen) atoms. The SMILES string of the molecule is COc1ccc(C(=O)N(CCC(=O)O)Cc2ccccc2)c(NC(=O)OCC2c3ccccc3-c3ccccc32)c1. The van der Waals surface area contributed by atoms with Crippen LogP contribution >= 0.6 is 0 Å². The monoisotopic (exact) mass is 550 g/mol. The van der Waals surface area contributed by atoms with Crippen molar-refractivity contribution in [3.8, 4) is 16.9 Å². The average Bonchev–Trinajstić information content (AvgIpc) is 3.32. The molecule has 1 aliphatic carbocycles. The Morgan fingerprint density at radius 1 is 0.854 bits per heavy atom. The first kappa shape index (κ1) is 27.5. The highest BCUT2D eigenvalue weighted by Crippen LogP contribution is 2.44. The van der Waals surface area contributed by atoms with Crippen LogP contribution in [0.1, 0.15) is 39.4 Å². The molecule has 8 nitrogen and oxygen atoms in total. The van der Waals surface area contributed by atoms with Crippen LogP contribution in [-0.2, 0) is 16.1 Å². The van der Waals surface area contributed by atoms with Gasteiger partial charge in [0.2, 0.25) is 0 Å². The number of carboxylic acids is 1. The number of hydrogen-bond acceptors (Lipinski definition) is 5. The van der Waals surface area contributed by atoms with Gasteiger partial charge in [0.15, 0.2) is 0 Å². The molecule has 5 rings (SSSR count). The highest BCUT2D eigenvalue weighted by Gasteiger charge is 2.29. The van der Waals surface area contributed by atoms with Crippen LogP contribution in [0.2, 0.25) is 0 Å². The van der Waals surface area contributed by atoms with Gasteiger partial charge in [-0.3, -0.25) is 14.9 Å². The van der Waals surface area contributed by atoms with Gasteiger partial charge in [0.1, 0.15) is 12.4 Å². The molecule has 0 saturated heterocycles. The van der Waals surface area contributed by atoms with E-state index in [4.69, 9.17) is 9.47 Å². The van der Waals surface area contributed by atoms with E-state index in [-0.39, 0.29) is 43.3 Å². The van der Waals surface area contributed by atoms with E-state index in [0.717, 1.165) is 27.8 Å². The van der Waals surface area contributed by atoms with Crippen LogP contribution in [0.3, 0.4) is 0 Å². The molecular weight excluding hydrogens is 520 g/mol. The lowest BCUT2D eigenvalue weighted by Crippen LogP contribution is -2.33. The van der Waals surface area contributed by atoms with Crippen molar-refractivity contribution in [2.45, 2.75) is 18.9 Å². The zero-order valence-electron chi connectivity index (χ0n) is 22.6. The van der Waals surface area contributed by atoms with Crippen LogP contribution in [0, 0.1) is 0 Å². The Morgan fingerprint density at radius 2 is 1.49 bits per heavy atom. The number of carbonyl (C=O) groups is 3. The number of carbonyl (C=O) groups excluding carboxylic acids is 2. The zero-order chi connectivity index (χ0) is 28.8. The fraction of sp³-hybridized carbons (Fsp3) is 0.182. The number of amides is 2. The first-order chi connectivity index (χ1) is 19.9. The molecule has 0 aliphatic heterocycles. The van der Waals surface area contributed by atoms with Gasteiger partial charge in [-0.25, -0.2) is 4.79 Å². The van der Waals surface area contributed by atoms with Gasteiger partial charge in [0.05, 0.1) is 24.8 Å². The number of methoxy groups -OCH3 is 1. The summed E-state index contributed by atoms with van der Waals surface area (Å²) in [7, 11) is 1.49. The van der Waals surface area contributed by atoms with Gasteiger partial charge in [-0.15, -0.1) is 0 Å². The Morgan fingerprint density at radius 3 is 2.12 bits per heavy atom. The molecule has 0 fully saturated rings. The maximum Gasteiger partial charge on any atom is 0.411 e. The third-order valence-electron chi connectivity index (χ3n) is 7.14. The van der Waals surface area contributed by atoms with Crippen molar-refractivity contribution < 1.29 is 29.0 Å². The second-order valence-electron chi connectivity index (χ2n) is 9.72. The molecule has 0 unspecified atom stereocenters. The van der Waals surface area contributed by atoms with Gasteiger partial charge in [-0.1, -0.05) is 78.9 Å². The number of hydrogen-bond donors (Lipinski definition) is 2. The minimum atomic E-state index is -1.01. The molecule has 2 amide bonds. The number of rotatable bonds is 10. The molecule has 2 N–H and O–H groups in total. The van der Waals surface area contributed by atoms with E-state index in [1.54, 1.807) is 18.2 Å². The van der Waals surface area contributed by atoms with E-state index in [1.807, 2.05) is 66.7 Å². The van der Waals surface area contributed by atoms with E-state index in [9.17, 15) is 19.5 Å². The molecular formula is C33H30N2O6. The number of aliphatic carboxylic acids is 1. The van der Waals surface area contributed by atoms with Gasteiger partial charge >= 0.3 is 12.1 Å². The molecule has 8 heteroatoms. The summed E-state index contributed by atoms with van der Waals surface area (Å²) in [6.07, 6.45) is -0.932. The molecule has 4 aromatic rings. The van der Waals surface area contributed by atoms with Crippen LogP contribution in [0.15, 0.2) is 97.1 Å². The molecule has 0 heterocycles. The van der Waals surface area contributed by atoms with E-state index in [0.29, 0.717) is 5.75 Å². The van der Waals surface area contributed by atoms with Crippen LogP contribution in [0.4, 0.5) is 10.5 Å². The van der Waals surface area contributed by atoms with Crippen molar-refractivity contribution in [3.63, 3.8) is 0 Å². The lowest BCUT2D eigenvalue weighted by atomic mass is 9.98. The summed E-state index contributed by atoms with van der Waals surface area (Å²) in [6.45, 7) is 0.328. The number of nitrogens with one attached hydrogen (secondary N) is 1. The summed E-state index contributed by atoms with van der Waals surface area (Å²) in [6, 6.07) is 30.2. The summed E-state index contributed by atoms with van der Waals surface area (Å²) in [5, 5.41) is 12.0. The van der Waals surface area contributed by atoms with E-state index in [1.165, 1.54) is 12.0 Å². The van der Waals surface area contributed by atoms with Crippen LogP contribution in [0.25, 0.3) is 11.1 Å². The first-order valence-corrected chi connectivity index (χ1v) is 13.3. The van der Waals surface area contributed by atoms with Crippen molar-refractivity contribution in [3.05, 3.63) is 119 Å². The number of benzene rings is 4. The summed E-state index contributed by atoms with van der Waals surface area (Å²) >= 11 is 0. The quantitative estimate of drug-likeness (QED) is 0.245. The highest BCUT2D eigenvalue weighted by atomic mass is 16.5. The van der Waals surface area contributed by atoms with E-state index in [2.05, 4.69) is 17.4 Å². The molecule has 0 aromatic heterocycles. The Labute approximate surface area is 238 Å². The Bertz CT molecular complexity index is 1520. The summed E-state index contributed by atoms with van der Waals surface area (Å²) in [5.41, 5.74) is 5.68. The average molecular weight is 551 g/mol. The van der Waals surface area contributed by atoms with Crippen LogP contribution < -0.4 is 10.1 Å². The van der Waals surface area contributed by atoms with Gasteiger partial charge in [-0.05, 0) is 39.9 Å². The number of fused-ring (bicyclic) bond motifs is 3. The van der Waals surface area contributed by atoms with Gasteiger partial charge in [0.25, 0.3) is 5.91 Å². The fourth-order valence-corrected chi connectivity index (χ4v) is 5.14. The van der Waals surface area contributed by atoms with Crippen molar-refractivity contribution in [1.82, 2.24) is 4.90 Å². The minimum absolute atomic E-state index is 0.000521. The maximum atomic E-state index is 13.7. The third kappa shape index (κ3) is 6.22. The van der Waals surface area contributed by atoms with Crippen molar-refractivity contribution >= 4 is 23.7 Å².